The Morgan fingerprint density at radius 2 is 1.42 bits per heavy atom. The van der Waals surface area contributed by atoms with E-state index in [1.807, 2.05) is 48.5 Å². The topological polar surface area (TPSA) is 58.2 Å². The highest BCUT2D eigenvalue weighted by Gasteiger charge is 2.21. The van der Waals surface area contributed by atoms with Crippen LogP contribution < -0.4 is 10.6 Å². The molecule has 33 heavy (non-hydrogen) atoms. The average molecular weight is 479 g/mol. The minimum Gasteiger partial charge on any atom is -0.351 e. The Labute approximate surface area is 204 Å². The smallest absolute Gasteiger partial charge is 0.269 e. The van der Waals surface area contributed by atoms with Gasteiger partial charge in [0.2, 0.25) is 0 Å². The van der Waals surface area contributed by atoms with E-state index < -0.39 is 0 Å². The fraction of sp³-hybridized carbons (Fsp3) is 0.185. The lowest BCUT2D eigenvalue weighted by Crippen LogP contribution is -2.36. The lowest BCUT2D eigenvalue weighted by atomic mass is 10.1. The number of carbonyl (C=O) groups is 2. The summed E-state index contributed by atoms with van der Waals surface area (Å²) in [5.74, 6) is -0.643. The highest BCUT2D eigenvalue weighted by molar-refractivity contribution is 8.08. The predicted molar refractivity (Wildman–Crippen MR) is 137 cm³/mol. The molecule has 0 radical (unpaired) electrons. The molecular weight excluding hydrogens is 452 g/mol. The number of halogens is 1. The summed E-state index contributed by atoms with van der Waals surface area (Å²) in [6.07, 6.45) is 2.97. The molecule has 170 valence electrons. The van der Waals surface area contributed by atoms with Crippen LogP contribution in [0.1, 0.15) is 42.1 Å². The van der Waals surface area contributed by atoms with Gasteiger partial charge >= 0.3 is 0 Å². The summed E-state index contributed by atoms with van der Waals surface area (Å²) < 4.78 is 0. The Kier molecular flexibility index (Phi) is 9.60. The molecule has 0 aliphatic carbocycles. The standard InChI is InChI=1S/C27H27ClN2O2S/c1-2-3-10-19-29-27(32)24(30-26(31)21-13-8-5-9-14-21)25(20-11-6-4-7-12-20)33-23-17-15-22(28)16-18-23/h4-9,11-18H,2-3,10,19H2,1H3,(H,29,32)(H,30,31)/b25-24-. The van der Waals surface area contributed by atoms with Crippen LogP contribution >= 0.6 is 23.4 Å². The molecule has 2 amide bonds. The highest BCUT2D eigenvalue weighted by Crippen LogP contribution is 2.36. The Balaban J connectivity index is 2.02. The number of amides is 2. The van der Waals surface area contributed by atoms with Crippen LogP contribution in [0.4, 0.5) is 0 Å². The van der Waals surface area contributed by atoms with Crippen LogP contribution in [0.15, 0.2) is 95.5 Å². The fourth-order valence-corrected chi connectivity index (χ4v) is 4.26. The summed E-state index contributed by atoms with van der Waals surface area (Å²) >= 11 is 7.47. The van der Waals surface area contributed by atoms with Gasteiger partial charge in [-0.25, -0.2) is 0 Å². The van der Waals surface area contributed by atoms with Crippen molar-refractivity contribution >= 4 is 40.1 Å². The van der Waals surface area contributed by atoms with Crippen molar-refractivity contribution in [1.82, 2.24) is 10.6 Å². The van der Waals surface area contributed by atoms with Crippen molar-refractivity contribution in [3.05, 3.63) is 107 Å². The second-order valence-electron chi connectivity index (χ2n) is 7.41. The third-order valence-corrected chi connectivity index (χ3v) is 6.27. The molecule has 3 rings (SSSR count). The van der Waals surface area contributed by atoms with Crippen molar-refractivity contribution in [3.63, 3.8) is 0 Å². The zero-order valence-corrected chi connectivity index (χ0v) is 20.1. The van der Waals surface area contributed by atoms with Gasteiger partial charge in [0, 0.05) is 26.9 Å². The fourth-order valence-electron chi connectivity index (χ4n) is 3.12. The summed E-state index contributed by atoms with van der Waals surface area (Å²) in [7, 11) is 0. The first kappa shape index (κ1) is 24.6. The molecule has 2 N–H and O–H groups in total. The quantitative estimate of drug-likeness (QED) is 0.197. The van der Waals surface area contributed by atoms with E-state index in [0.717, 1.165) is 29.7 Å². The zero-order valence-electron chi connectivity index (χ0n) is 18.5. The summed E-state index contributed by atoms with van der Waals surface area (Å²) in [4.78, 5) is 27.9. The Hall–Kier alpha value is -3.02. The summed E-state index contributed by atoms with van der Waals surface area (Å²) in [6, 6.07) is 25.9. The molecule has 0 fully saturated rings. The normalized spacial score (nSPS) is 11.5. The van der Waals surface area contributed by atoms with Gasteiger partial charge in [0.1, 0.15) is 5.70 Å². The third-order valence-electron chi connectivity index (χ3n) is 4.86. The Morgan fingerprint density at radius 3 is 2.03 bits per heavy atom. The van der Waals surface area contributed by atoms with Gasteiger partial charge in [0.15, 0.2) is 0 Å². The van der Waals surface area contributed by atoms with Crippen LogP contribution in [0.2, 0.25) is 5.02 Å². The number of unbranched alkanes of at least 4 members (excludes halogenated alkanes) is 2. The predicted octanol–water partition coefficient (Wildman–Crippen LogP) is 6.54. The zero-order chi connectivity index (χ0) is 23.5. The van der Waals surface area contributed by atoms with E-state index in [2.05, 4.69) is 17.6 Å². The van der Waals surface area contributed by atoms with Gasteiger partial charge in [-0.05, 0) is 48.4 Å². The molecule has 0 bridgehead atoms. The third kappa shape index (κ3) is 7.52. The first-order valence-electron chi connectivity index (χ1n) is 11.0. The Morgan fingerprint density at radius 1 is 0.818 bits per heavy atom. The first-order chi connectivity index (χ1) is 16.1. The first-order valence-corrected chi connectivity index (χ1v) is 12.2. The number of hydrogen-bond acceptors (Lipinski definition) is 3. The number of rotatable bonds is 10. The number of carbonyl (C=O) groups excluding carboxylic acids is 2. The lowest BCUT2D eigenvalue weighted by molar-refractivity contribution is -0.117. The molecule has 0 atom stereocenters. The van der Waals surface area contributed by atoms with Crippen LogP contribution in [0.5, 0.6) is 0 Å². The molecule has 3 aromatic rings. The van der Waals surface area contributed by atoms with Gasteiger partial charge in [-0.15, -0.1) is 0 Å². The van der Waals surface area contributed by atoms with Gasteiger partial charge in [-0.2, -0.15) is 0 Å². The van der Waals surface area contributed by atoms with Crippen molar-refractivity contribution in [2.24, 2.45) is 0 Å². The molecule has 0 aliphatic heterocycles. The molecule has 0 aromatic heterocycles. The van der Waals surface area contributed by atoms with E-state index in [1.54, 1.807) is 36.4 Å². The molecule has 4 nitrogen and oxygen atoms in total. The van der Waals surface area contributed by atoms with Crippen molar-refractivity contribution in [2.45, 2.75) is 31.1 Å². The van der Waals surface area contributed by atoms with Crippen LogP contribution in [0, 0.1) is 0 Å². The lowest BCUT2D eigenvalue weighted by Gasteiger charge is -2.17. The minimum absolute atomic E-state index is 0.228. The minimum atomic E-state index is -0.334. The van der Waals surface area contributed by atoms with Crippen molar-refractivity contribution in [1.29, 1.82) is 0 Å². The van der Waals surface area contributed by atoms with E-state index >= 15 is 0 Å². The average Bonchev–Trinajstić information content (AvgIpc) is 2.86. The summed E-state index contributed by atoms with van der Waals surface area (Å²) in [5, 5.41) is 6.49. The van der Waals surface area contributed by atoms with Crippen molar-refractivity contribution < 1.29 is 9.59 Å². The molecule has 6 heteroatoms. The van der Waals surface area contributed by atoms with Gasteiger partial charge in [-0.1, -0.05) is 91.7 Å². The SMILES string of the molecule is CCCCCNC(=O)/C(NC(=O)c1ccccc1)=C(/Sc1ccc(Cl)cc1)c1ccccc1. The van der Waals surface area contributed by atoms with Crippen LogP contribution in [0.3, 0.4) is 0 Å². The maximum absolute atomic E-state index is 13.3. The van der Waals surface area contributed by atoms with E-state index in [9.17, 15) is 9.59 Å². The monoisotopic (exact) mass is 478 g/mol. The second kappa shape index (κ2) is 12.9. The molecule has 0 unspecified atom stereocenters. The maximum Gasteiger partial charge on any atom is 0.269 e. The molecular formula is C27H27ClN2O2S. The van der Waals surface area contributed by atoms with Gasteiger partial charge in [-0.3, -0.25) is 9.59 Å². The summed E-state index contributed by atoms with van der Waals surface area (Å²) in [5.41, 5.74) is 1.55. The van der Waals surface area contributed by atoms with Gasteiger partial charge in [0.05, 0.1) is 0 Å². The molecule has 0 saturated heterocycles. The van der Waals surface area contributed by atoms with Crippen molar-refractivity contribution in [3.8, 4) is 0 Å². The highest BCUT2D eigenvalue weighted by atomic mass is 35.5. The van der Waals surface area contributed by atoms with E-state index in [4.69, 9.17) is 11.6 Å². The number of hydrogen-bond donors (Lipinski definition) is 2. The van der Waals surface area contributed by atoms with Crippen LogP contribution in [0.25, 0.3) is 4.91 Å². The molecule has 0 aliphatic rings. The number of benzene rings is 3. The molecule has 0 heterocycles. The molecule has 3 aromatic carbocycles. The molecule has 0 spiro atoms. The van der Waals surface area contributed by atoms with Crippen LogP contribution in [-0.4, -0.2) is 18.4 Å². The Bertz CT molecular complexity index is 1080. The van der Waals surface area contributed by atoms with Gasteiger partial charge in [0.25, 0.3) is 11.8 Å². The second-order valence-corrected chi connectivity index (χ2v) is 8.93. The van der Waals surface area contributed by atoms with Crippen molar-refractivity contribution in [2.75, 3.05) is 6.54 Å². The summed E-state index contributed by atoms with van der Waals surface area (Å²) in [6.45, 7) is 2.66. The number of nitrogens with one attached hydrogen (secondary N) is 2. The maximum atomic E-state index is 13.3. The van der Waals surface area contributed by atoms with Gasteiger partial charge < -0.3 is 10.6 Å². The number of thioether (sulfide) groups is 1. The van der Waals surface area contributed by atoms with Crippen LogP contribution in [-0.2, 0) is 4.79 Å². The van der Waals surface area contributed by atoms with E-state index in [1.165, 1.54) is 11.8 Å². The molecule has 0 saturated carbocycles. The van der Waals surface area contributed by atoms with E-state index in [0.29, 0.717) is 22.0 Å². The largest absolute Gasteiger partial charge is 0.351 e. The van der Waals surface area contributed by atoms with E-state index in [-0.39, 0.29) is 17.5 Å².